The van der Waals surface area contributed by atoms with Gasteiger partial charge in [-0.3, -0.25) is 14.4 Å². The van der Waals surface area contributed by atoms with Crippen molar-refractivity contribution >= 4 is 18.3 Å². The van der Waals surface area contributed by atoms with Gasteiger partial charge in [0.2, 0.25) is 11.8 Å². The van der Waals surface area contributed by atoms with E-state index in [2.05, 4.69) is 20.8 Å². The van der Waals surface area contributed by atoms with Gasteiger partial charge >= 0.3 is 0 Å². The Labute approximate surface area is 156 Å². The predicted molar refractivity (Wildman–Crippen MR) is 91.3 cm³/mol. The van der Waals surface area contributed by atoms with Crippen LogP contribution in [-0.2, 0) is 25.7 Å². The number of nitrogens with one attached hydrogen (secondary N) is 1. The molecule has 3 N–H and O–H groups in total. The van der Waals surface area contributed by atoms with Crippen molar-refractivity contribution in [1.82, 2.24) is 30.4 Å². The third-order valence-corrected chi connectivity index (χ3v) is 4.19. The first kappa shape index (κ1) is 22.4. The Morgan fingerprint density at radius 3 is 2.74 bits per heavy atom. The molecule has 0 bridgehead atoms. The van der Waals surface area contributed by atoms with Crippen molar-refractivity contribution in [3.05, 3.63) is 6.33 Å². The van der Waals surface area contributed by atoms with Crippen LogP contribution < -0.4 is 5.32 Å². The van der Waals surface area contributed by atoms with Crippen LogP contribution in [0.25, 0.3) is 0 Å². The van der Waals surface area contributed by atoms with Gasteiger partial charge in [-0.15, -0.1) is 5.10 Å². The van der Waals surface area contributed by atoms with Crippen LogP contribution in [0.5, 0.6) is 0 Å². The SMILES string of the molecule is COCCN(C)C(=O)[C@@H]1C[C@@H](O)[C@H](NC(=O)CCn2cnnn2)C1.O=CO. The second-order valence-corrected chi connectivity index (χ2v) is 6.09. The van der Waals surface area contributed by atoms with Crippen molar-refractivity contribution in [3.8, 4) is 0 Å². The van der Waals surface area contributed by atoms with E-state index >= 15 is 0 Å². The highest BCUT2D eigenvalue weighted by Crippen LogP contribution is 2.27. The van der Waals surface area contributed by atoms with E-state index in [4.69, 9.17) is 14.6 Å². The Kier molecular flexibility index (Phi) is 9.90. The molecule has 0 aromatic carbocycles. The fourth-order valence-electron chi connectivity index (χ4n) is 2.80. The maximum atomic E-state index is 12.3. The molecule has 0 unspecified atom stereocenters. The van der Waals surface area contributed by atoms with E-state index in [1.165, 1.54) is 11.0 Å². The second kappa shape index (κ2) is 11.9. The van der Waals surface area contributed by atoms with Crippen molar-refractivity contribution in [3.63, 3.8) is 0 Å². The van der Waals surface area contributed by atoms with Crippen LogP contribution >= 0.6 is 0 Å². The Bertz CT molecular complexity index is 583. The number of aliphatic hydroxyl groups excluding tert-OH is 1. The summed E-state index contributed by atoms with van der Waals surface area (Å²) in [6.45, 7) is 1.09. The number of aliphatic hydroxyl groups is 1. The lowest BCUT2D eigenvalue weighted by atomic mass is 10.1. The summed E-state index contributed by atoms with van der Waals surface area (Å²) in [5, 5.41) is 30.5. The third kappa shape index (κ3) is 7.66. The number of amides is 2. The Morgan fingerprint density at radius 1 is 1.44 bits per heavy atom. The predicted octanol–water partition coefficient (Wildman–Crippen LogP) is -1.88. The molecule has 0 radical (unpaired) electrons. The minimum atomic E-state index is -0.716. The fraction of sp³-hybridized carbons (Fsp3) is 0.733. The van der Waals surface area contributed by atoms with Crippen molar-refractivity contribution in [2.75, 3.05) is 27.3 Å². The lowest BCUT2D eigenvalue weighted by molar-refractivity contribution is -0.135. The number of nitrogens with zero attached hydrogens (tertiary/aromatic N) is 5. The van der Waals surface area contributed by atoms with E-state index < -0.39 is 12.1 Å². The second-order valence-electron chi connectivity index (χ2n) is 6.09. The van der Waals surface area contributed by atoms with Crippen LogP contribution in [0.15, 0.2) is 6.33 Å². The molecule has 1 saturated carbocycles. The van der Waals surface area contributed by atoms with Gasteiger partial charge in [0.25, 0.3) is 6.47 Å². The molecule has 0 saturated heterocycles. The number of aromatic nitrogens is 4. The van der Waals surface area contributed by atoms with Crippen LogP contribution in [0.4, 0.5) is 0 Å². The average Bonchev–Trinajstić information content (AvgIpc) is 3.28. The molecule has 2 amide bonds. The van der Waals surface area contributed by atoms with E-state index in [1.54, 1.807) is 19.1 Å². The molecule has 152 valence electrons. The van der Waals surface area contributed by atoms with Gasteiger partial charge in [0.1, 0.15) is 6.33 Å². The summed E-state index contributed by atoms with van der Waals surface area (Å²) in [4.78, 5) is 34.3. The number of rotatable bonds is 8. The summed E-state index contributed by atoms with van der Waals surface area (Å²) < 4.78 is 6.42. The highest BCUT2D eigenvalue weighted by Gasteiger charge is 2.38. The van der Waals surface area contributed by atoms with Crippen molar-refractivity contribution < 1.29 is 29.3 Å². The molecule has 1 heterocycles. The zero-order chi connectivity index (χ0) is 20.2. The molecule has 1 aliphatic carbocycles. The van der Waals surface area contributed by atoms with Gasteiger partial charge in [-0.2, -0.15) is 0 Å². The Hall–Kier alpha value is -2.60. The van der Waals surface area contributed by atoms with Gasteiger partial charge in [-0.05, 0) is 23.3 Å². The molecule has 2 rings (SSSR count). The summed E-state index contributed by atoms with van der Waals surface area (Å²) in [5.41, 5.74) is 0. The number of ether oxygens (including phenoxy) is 1. The first-order chi connectivity index (χ1) is 12.9. The third-order valence-electron chi connectivity index (χ3n) is 4.19. The quantitative estimate of drug-likeness (QED) is 0.435. The smallest absolute Gasteiger partial charge is 0.290 e. The van der Waals surface area contributed by atoms with Gasteiger partial charge in [0.05, 0.1) is 25.3 Å². The van der Waals surface area contributed by atoms with Crippen molar-refractivity contribution in [2.24, 2.45) is 5.92 Å². The number of aryl methyl sites for hydroxylation is 1. The number of carboxylic acid groups (broad SMARTS) is 1. The Balaban J connectivity index is 0.00000114. The lowest BCUT2D eigenvalue weighted by Crippen LogP contribution is -2.40. The summed E-state index contributed by atoms with van der Waals surface area (Å²) in [6.07, 6.45) is 1.72. The first-order valence-corrected chi connectivity index (χ1v) is 8.42. The minimum absolute atomic E-state index is 0.0310. The summed E-state index contributed by atoms with van der Waals surface area (Å²) in [5.74, 6) is -0.515. The average molecular weight is 386 g/mol. The van der Waals surface area contributed by atoms with E-state index in [-0.39, 0.29) is 30.6 Å². The van der Waals surface area contributed by atoms with Gasteiger partial charge in [-0.1, -0.05) is 0 Å². The molecule has 0 spiro atoms. The molecule has 12 nitrogen and oxygen atoms in total. The highest BCUT2D eigenvalue weighted by atomic mass is 16.5. The molecule has 1 aromatic rings. The minimum Gasteiger partial charge on any atom is -0.483 e. The number of tetrazole rings is 1. The molecule has 0 aliphatic heterocycles. The monoisotopic (exact) mass is 386 g/mol. The number of methoxy groups -OCH3 is 1. The number of hydrogen-bond donors (Lipinski definition) is 3. The van der Waals surface area contributed by atoms with Crippen molar-refractivity contribution in [2.45, 2.75) is 38.0 Å². The van der Waals surface area contributed by atoms with Crippen molar-refractivity contribution in [1.29, 1.82) is 0 Å². The molecule has 1 aliphatic rings. The molecular weight excluding hydrogens is 360 g/mol. The molecule has 1 aromatic heterocycles. The van der Waals surface area contributed by atoms with Crippen LogP contribution in [0.2, 0.25) is 0 Å². The maximum absolute atomic E-state index is 12.3. The zero-order valence-corrected chi connectivity index (χ0v) is 15.4. The Morgan fingerprint density at radius 2 is 2.15 bits per heavy atom. The number of carbonyl (C=O) groups is 3. The number of likely N-dealkylation sites (N-methyl/N-ethyl adjacent to an activating group) is 1. The number of hydrogen-bond acceptors (Lipinski definition) is 8. The molecule has 3 atom stereocenters. The van der Waals surface area contributed by atoms with E-state index in [1.807, 2.05) is 0 Å². The fourth-order valence-corrected chi connectivity index (χ4v) is 2.80. The van der Waals surface area contributed by atoms with E-state index in [0.29, 0.717) is 32.5 Å². The number of carbonyl (C=O) groups excluding carboxylic acids is 2. The zero-order valence-electron chi connectivity index (χ0n) is 15.4. The van der Waals surface area contributed by atoms with Gasteiger partial charge in [0, 0.05) is 33.0 Å². The van der Waals surface area contributed by atoms with E-state index in [9.17, 15) is 14.7 Å². The standard InChI is InChI=1S/C14H24N6O4.CH2O2/c1-19(5-6-24-2)14(23)10-7-11(12(21)8-10)16-13(22)3-4-20-9-15-17-18-20;2-1-3/h9-12,21H,3-8H2,1-2H3,(H,16,22);1H,(H,2,3)/t10-,11+,12+;/m0./s1. The topological polar surface area (TPSA) is 160 Å². The summed E-state index contributed by atoms with van der Waals surface area (Å²) >= 11 is 0. The van der Waals surface area contributed by atoms with Crippen LogP contribution in [0, 0.1) is 5.92 Å². The van der Waals surface area contributed by atoms with Gasteiger partial charge in [0.15, 0.2) is 0 Å². The largest absolute Gasteiger partial charge is 0.483 e. The van der Waals surface area contributed by atoms with Gasteiger partial charge in [-0.25, -0.2) is 4.68 Å². The molecule has 1 fully saturated rings. The van der Waals surface area contributed by atoms with Crippen LogP contribution in [0.1, 0.15) is 19.3 Å². The van der Waals surface area contributed by atoms with E-state index in [0.717, 1.165) is 0 Å². The molecular formula is C15H26N6O6. The summed E-state index contributed by atoms with van der Waals surface area (Å²) in [6, 6.07) is -0.406. The van der Waals surface area contributed by atoms with Gasteiger partial charge < -0.3 is 25.2 Å². The lowest BCUT2D eigenvalue weighted by Gasteiger charge is -2.20. The van der Waals surface area contributed by atoms with Crippen LogP contribution in [0.3, 0.4) is 0 Å². The molecule has 12 heteroatoms. The maximum Gasteiger partial charge on any atom is 0.290 e. The van der Waals surface area contributed by atoms with Crippen LogP contribution in [-0.4, -0.2) is 93.1 Å². The highest BCUT2D eigenvalue weighted by molar-refractivity contribution is 5.80. The first-order valence-electron chi connectivity index (χ1n) is 8.42. The molecule has 27 heavy (non-hydrogen) atoms. The normalized spacial score (nSPS) is 21.1. The summed E-state index contributed by atoms with van der Waals surface area (Å²) in [7, 11) is 3.30.